The Balaban J connectivity index is 1.46. The number of amides is 1. The van der Waals surface area contributed by atoms with E-state index in [1.165, 1.54) is 24.1 Å². The molecule has 4 rings (SSSR count). The predicted octanol–water partition coefficient (Wildman–Crippen LogP) is 1.62. The summed E-state index contributed by atoms with van der Waals surface area (Å²) in [5.41, 5.74) is 3.01. The van der Waals surface area contributed by atoms with E-state index in [1.54, 1.807) is 12.1 Å². The second-order valence-corrected chi connectivity index (χ2v) is 7.95. The number of hydrogen-bond acceptors (Lipinski definition) is 5. The molecule has 154 valence electrons. The molecule has 6 heteroatoms. The number of anilines is 1. The van der Waals surface area contributed by atoms with Gasteiger partial charge >= 0.3 is 0 Å². The normalized spacial score (nSPS) is 24.8. The monoisotopic (exact) mass is 395 g/mol. The van der Waals surface area contributed by atoms with Crippen molar-refractivity contribution in [1.82, 2.24) is 10.2 Å². The Hall–Kier alpha value is -2.41. The molecule has 0 saturated carbocycles. The van der Waals surface area contributed by atoms with Crippen molar-refractivity contribution in [1.29, 1.82) is 0 Å². The Labute approximate surface area is 171 Å². The van der Waals surface area contributed by atoms with Crippen molar-refractivity contribution in [2.75, 3.05) is 31.1 Å². The van der Waals surface area contributed by atoms with Gasteiger partial charge in [0.2, 0.25) is 0 Å². The van der Waals surface area contributed by atoms with Crippen LogP contribution in [0.15, 0.2) is 54.6 Å². The van der Waals surface area contributed by atoms with Gasteiger partial charge in [0, 0.05) is 44.0 Å². The second-order valence-electron chi connectivity index (χ2n) is 7.95. The molecule has 2 aliphatic heterocycles. The highest BCUT2D eigenvalue weighted by Gasteiger charge is 2.40. The molecule has 2 aromatic carbocycles. The second kappa shape index (κ2) is 8.95. The molecule has 1 amide bonds. The van der Waals surface area contributed by atoms with E-state index in [0.29, 0.717) is 18.7 Å². The molecule has 0 aromatic heterocycles. The number of carbonyl (C=O) groups excluding carboxylic acids is 1. The van der Waals surface area contributed by atoms with Crippen molar-refractivity contribution >= 4 is 11.6 Å². The maximum atomic E-state index is 12.4. The molecule has 29 heavy (non-hydrogen) atoms. The lowest BCUT2D eigenvalue weighted by Crippen LogP contribution is -2.45. The summed E-state index contributed by atoms with van der Waals surface area (Å²) in [7, 11) is 0. The minimum Gasteiger partial charge on any atom is -0.389 e. The quantitative estimate of drug-likeness (QED) is 0.693. The van der Waals surface area contributed by atoms with Gasteiger partial charge in [0.15, 0.2) is 0 Å². The van der Waals surface area contributed by atoms with E-state index in [2.05, 4.69) is 33.3 Å². The molecule has 0 unspecified atom stereocenters. The third-order valence-electron chi connectivity index (χ3n) is 6.00. The number of nitrogens with zero attached hydrogens (tertiary/aromatic N) is 2. The number of carbonyl (C=O) groups is 1. The Kier molecular flexibility index (Phi) is 6.13. The zero-order valence-corrected chi connectivity index (χ0v) is 16.6. The zero-order valence-electron chi connectivity index (χ0n) is 16.6. The Bertz CT molecular complexity index is 823. The smallest absolute Gasteiger partial charge is 0.251 e. The van der Waals surface area contributed by atoms with E-state index in [9.17, 15) is 15.0 Å². The van der Waals surface area contributed by atoms with Gasteiger partial charge in [-0.15, -0.1) is 0 Å². The van der Waals surface area contributed by atoms with Crippen LogP contribution >= 0.6 is 0 Å². The lowest BCUT2D eigenvalue weighted by molar-refractivity contribution is 0.0370. The highest BCUT2D eigenvalue weighted by atomic mass is 16.3. The van der Waals surface area contributed by atoms with E-state index < -0.39 is 12.2 Å². The number of nitrogens with one attached hydrogen (secondary N) is 1. The van der Waals surface area contributed by atoms with Gasteiger partial charge in [0.25, 0.3) is 5.91 Å². The molecular formula is C23H29N3O3. The van der Waals surface area contributed by atoms with Gasteiger partial charge in [-0.2, -0.15) is 0 Å². The van der Waals surface area contributed by atoms with E-state index in [4.69, 9.17) is 0 Å². The molecule has 3 atom stereocenters. The SMILES string of the molecule is O=C(NC[C@H]1[C@@H](O)[C@@H](O)CN1Cc1ccccc1N1CCCC1)c1ccccc1. The third-order valence-corrected chi connectivity index (χ3v) is 6.00. The first-order valence-electron chi connectivity index (χ1n) is 10.4. The minimum absolute atomic E-state index is 0.170. The maximum Gasteiger partial charge on any atom is 0.251 e. The first-order valence-corrected chi connectivity index (χ1v) is 10.4. The fourth-order valence-electron chi connectivity index (χ4n) is 4.41. The number of hydrogen-bond donors (Lipinski definition) is 3. The average Bonchev–Trinajstić information content (AvgIpc) is 3.37. The molecule has 0 aliphatic carbocycles. The molecule has 2 saturated heterocycles. The molecule has 2 heterocycles. The molecule has 0 bridgehead atoms. The number of likely N-dealkylation sites (tertiary alicyclic amines) is 1. The number of rotatable bonds is 6. The Morgan fingerprint density at radius 3 is 2.45 bits per heavy atom. The summed E-state index contributed by atoms with van der Waals surface area (Å²) in [5, 5.41) is 23.7. The zero-order chi connectivity index (χ0) is 20.2. The largest absolute Gasteiger partial charge is 0.389 e. The minimum atomic E-state index is -0.884. The standard InChI is InChI=1S/C23H29N3O3/c27-21-16-26(15-18-10-4-5-11-19(18)25-12-6-7-13-25)20(22(21)28)14-24-23(29)17-8-2-1-3-9-17/h1-5,8-11,20-22,27-28H,6-7,12-16H2,(H,24,29)/t20-,21-,22+/m0/s1. The van der Waals surface area contributed by atoms with Crippen LogP contribution in [-0.4, -0.2) is 65.4 Å². The van der Waals surface area contributed by atoms with Crippen LogP contribution in [0.1, 0.15) is 28.8 Å². The maximum absolute atomic E-state index is 12.4. The first-order chi connectivity index (χ1) is 14.1. The summed E-state index contributed by atoms with van der Waals surface area (Å²) >= 11 is 0. The summed E-state index contributed by atoms with van der Waals surface area (Å²) in [6.07, 6.45) is 0.727. The Morgan fingerprint density at radius 1 is 1.00 bits per heavy atom. The topological polar surface area (TPSA) is 76.0 Å². The van der Waals surface area contributed by atoms with E-state index in [1.807, 2.05) is 24.3 Å². The van der Waals surface area contributed by atoms with Crippen LogP contribution in [0.3, 0.4) is 0 Å². The van der Waals surface area contributed by atoms with Crippen LogP contribution in [0.5, 0.6) is 0 Å². The number of benzene rings is 2. The van der Waals surface area contributed by atoms with Crippen LogP contribution in [0.2, 0.25) is 0 Å². The van der Waals surface area contributed by atoms with Crippen LogP contribution in [0, 0.1) is 0 Å². The summed E-state index contributed by atoms with van der Waals surface area (Å²) in [6, 6.07) is 17.1. The predicted molar refractivity (Wildman–Crippen MR) is 113 cm³/mol. The van der Waals surface area contributed by atoms with Crippen LogP contribution in [0.25, 0.3) is 0 Å². The molecule has 3 N–H and O–H groups in total. The van der Waals surface area contributed by atoms with Crippen molar-refractivity contribution < 1.29 is 15.0 Å². The molecule has 2 aromatic rings. The first kappa shape index (κ1) is 19.9. The lowest BCUT2D eigenvalue weighted by atomic mass is 10.1. The van der Waals surface area contributed by atoms with E-state index in [-0.39, 0.29) is 18.5 Å². The fraction of sp³-hybridized carbons (Fsp3) is 0.435. The van der Waals surface area contributed by atoms with Gasteiger partial charge in [0.05, 0.1) is 18.2 Å². The van der Waals surface area contributed by atoms with Gasteiger partial charge in [-0.25, -0.2) is 0 Å². The fourth-order valence-corrected chi connectivity index (χ4v) is 4.41. The molecule has 2 fully saturated rings. The summed E-state index contributed by atoms with van der Waals surface area (Å²) < 4.78 is 0. The summed E-state index contributed by atoms with van der Waals surface area (Å²) in [5.74, 6) is -0.170. The van der Waals surface area contributed by atoms with Crippen molar-refractivity contribution in [3.05, 3.63) is 65.7 Å². The molecule has 0 radical (unpaired) electrons. The highest BCUT2D eigenvalue weighted by molar-refractivity contribution is 5.94. The third kappa shape index (κ3) is 4.45. The van der Waals surface area contributed by atoms with Gasteiger partial charge in [0.1, 0.15) is 0 Å². The number of aliphatic hydroxyl groups excluding tert-OH is 2. The molecule has 6 nitrogen and oxygen atoms in total. The van der Waals surface area contributed by atoms with Crippen molar-refractivity contribution in [2.24, 2.45) is 0 Å². The molecular weight excluding hydrogens is 366 g/mol. The molecule has 2 aliphatic rings. The van der Waals surface area contributed by atoms with E-state index in [0.717, 1.165) is 13.1 Å². The van der Waals surface area contributed by atoms with Crippen LogP contribution < -0.4 is 10.2 Å². The van der Waals surface area contributed by atoms with Crippen molar-refractivity contribution in [3.63, 3.8) is 0 Å². The van der Waals surface area contributed by atoms with Crippen LogP contribution in [-0.2, 0) is 6.54 Å². The number of β-amino-alcohol motifs (C(OH)–C–C–N with tert-alkyl or cyclic N) is 1. The summed E-state index contributed by atoms with van der Waals surface area (Å²) in [4.78, 5) is 16.9. The van der Waals surface area contributed by atoms with Gasteiger partial charge in [-0.3, -0.25) is 9.69 Å². The van der Waals surface area contributed by atoms with Gasteiger partial charge < -0.3 is 20.4 Å². The number of aliphatic hydroxyl groups is 2. The van der Waals surface area contributed by atoms with Crippen molar-refractivity contribution in [3.8, 4) is 0 Å². The van der Waals surface area contributed by atoms with Gasteiger partial charge in [-0.05, 0) is 36.6 Å². The lowest BCUT2D eigenvalue weighted by Gasteiger charge is -2.28. The Morgan fingerprint density at radius 2 is 1.69 bits per heavy atom. The highest BCUT2D eigenvalue weighted by Crippen LogP contribution is 2.28. The average molecular weight is 396 g/mol. The van der Waals surface area contributed by atoms with Crippen molar-refractivity contribution in [2.45, 2.75) is 37.6 Å². The van der Waals surface area contributed by atoms with Gasteiger partial charge in [-0.1, -0.05) is 36.4 Å². The molecule has 0 spiro atoms. The van der Waals surface area contributed by atoms with Crippen LogP contribution in [0.4, 0.5) is 5.69 Å². The van der Waals surface area contributed by atoms with E-state index >= 15 is 0 Å². The number of para-hydroxylation sites is 1. The summed E-state index contributed by atoms with van der Waals surface area (Å²) in [6.45, 7) is 3.45.